The second-order valence-electron chi connectivity index (χ2n) is 16.3. The van der Waals surface area contributed by atoms with Crippen LogP contribution in [0.3, 0.4) is 0 Å². The normalized spacial score (nSPS) is 23.8. The quantitative estimate of drug-likeness (QED) is 0.248. The van der Waals surface area contributed by atoms with Gasteiger partial charge in [-0.1, -0.05) is 26.0 Å². The van der Waals surface area contributed by atoms with E-state index in [4.69, 9.17) is 9.26 Å². The standard InChI is InChI=1S/C40H58N10O5/c1-28(2)38(40(53)49-12-9-31(51)27-49)36-24-37(44-55-36)54-22-21-47-17-15-46(16-18-47)14-13-45-10-7-29(8-11-45)48-19-20-50-30(26-48)25-41-39-34(50)23-33(42-43-39)32-5-3-4-6-35(32)52/h3-6,23-24,28-31,38,51-52H,7-22,25-27H2,1-2H3,(H,41,43)/t30-,31+,38+/m0/s1. The number of nitrogens with one attached hydrogen (secondary N) is 1. The Kier molecular flexibility index (Phi) is 11.7. The molecule has 5 aliphatic rings. The predicted molar refractivity (Wildman–Crippen MR) is 209 cm³/mol. The van der Waals surface area contributed by atoms with Crippen LogP contribution in [-0.4, -0.2) is 179 Å². The van der Waals surface area contributed by atoms with E-state index in [0.717, 1.165) is 96.6 Å². The zero-order valence-electron chi connectivity index (χ0n) is 32.4. The Morgan fingerprint density at radius 1 is 0.891 bits per heavy atom. The number of phenols is 1. The van der Waals surface area contributed by atoms with Crippen molar-refractivity contribution in [2.24, 2.45) is 5.92 Å². The lowest BCUT2D eigenvalue weighted by atomic mass is 9.92. The maximum absolute atomic E-state index is 13.2. The van der Waals surface area contributed by atoms with Gasteiger partial charge in [0, 0.05) is 103 Å². The molecule has 15 heteroatoms. The molecule has 0 bridgehead atoms. The van der Waals surface area contributed by atoms with Crippen LogP contribution in [-0.2, 0) is 4.79 Å². The summed E-state index contributed by atoms with van der Waals surface area (Å²) in [5.74, 6) is 1.59. The SMILES string of the molecule is CC(C)[C@@H](C(=O)N1CC[C@@H](O)C1)c1cc(OCCN2CCN(CCN3CCC(N4CCN5c6cc(-c7ccccc7O)nnc6NC[C@H]5C4)CC3)CC2)no1. The number of fused-ring (bicyclic) bond motifs is 3. The number of carbonyl (C=O) groups excluding carboxylic acids is 1. The molecule has 0 radical (unpaired) electrons. The Bertz CT molecular complexity index is 1740. The number of nitrogens with zero attached hydrogens (tertiary/aromatic N) is 9. The van der Waals surface area contributed by atoms with Crippen LogP contribution < -0.4 is 15.0 Å². The Labute approximate surface area is 324 Å². The highest BCUT2D eigenvalue weighted by molar-refractivity contribution is 5.83. The average molecular weight is 759 g/mol. The van der Waals surface area contributed by atoms with Crippen molar-refractivity contribution in [1.29, 1.82) is 0 Å². The summed E-state index contributed by atoms with van der Waals surface area (Å²) in [6, 6.07) is 12.2. The zero-order chi connectivity index (χ0) is 37.9. The molecule has 7 heterocycles. The van der Waals surface area contributed by atoms with Crippen molar-refractivity contribution >= 4 is 17.4 Å². The molecular formula is C40H58N10O5. The summed E-state index contributed by atoms with van der Waals surface area (Å²) in [6.45, 7) is 19.0. The Morgan fingerprint density at radius 2 is 1.64 bits per heavy atom. The van der Waals surface area contributed by atoms with Gasteiger partial charge in [0.05, 0.1) is 23.5 Å². The third kappa shape index (κ3) is 8.70. The minimum absolute atomic E-state index is 0.0193. The largest absolute Gasteiger partial charge is 0.507 e. The van der Waals surface area contributed by atoms with Crippen molar-refractivity contribution in [2.45, 2.75) is 57.2 Å². The number of β-amino-alcohol motifs (C(OH)–C–C–N with tert-alkyl or cyclic N) is 1. The molecule has 1 amide bonds. The van der Waals surface area contributed by atoms with Crippen LogP contribution in [0.4, 0.5) is 11.5 Å². The molecule has 3 atom stereocenters. The topological polar surface area (TPSA) is 150 Å². The number of aromatic nitrogens is 3. The van der Waals surface area contributed by atoms with Gasteiger partial charge in [0.25, 0.3) is 5.88 Å². The summed E-state index contributed by atoms with van der Waals surface area (Å²) in [6.07, 6.45) is 2.61. The van der Waals surface area contributed by atoms with Crippen molar-refractivity contribution < 1.29 is 24.3 Å². The molecule has 55 heavy (non-hydrogen) atoms. The molecule has 3 aromatic rings. The van der Waals surface area contributed by atoms with Crippen LogP contribution in [0.25, 0.3) is 11.3 Å². The van der Waals surface area contributed by atoms with Gasteiger partial charge in [-0.3, -0.25) is 19.5 Å². The van der Waals surface area contributed by atoms with E-state index < -0.39 is 12.0 Å². The first-order chi connectivity index (χ1) is 26.8. The lowest BCUT2D eigenvalue weighted by molar-refractivity contribution is -0.133. The highest BCUT2D eigenvalue weighted by atomic mass is 16.5. The fraction of sp³-hybridized carbons (Fsp3) is 0.650. The van der Waals surface area contributed by atoms with Gasteiger partial charge in [0.1, 0.15) is 18.3 Å². The van der Waals surface area contributed by atoms with E-state index in [0.29, 0.717) is 61.1 Å². The zero-order valence-corrected chi connectivity index (χ0v) is 32.4. The van der Waals surface area contributed by atoms with Crippen LogP contribution in [0, 0.1) is 5.92 Å². The third-order valence-electron chi connectivity index (χ3n) is 12.4. The first-order valence-electron chi connectivity index (χ1n) is 20.4. The molecule has 298 valence electrons. The number of aliphatic hydroxyl groups is 1. The van der Waals surface area contributed by atoms with E-state index in [1.165, 1.54) is 12.8 Å². The van der Waals surface area contributed by atoms with Gasteiger partial charge in [-0.2, -0.15) is 0 Å². The Morgan fingerprint density at radius 3 is 2.36 bits per heavy atom. The number of aromatic hydroxyl groups is 1. The van der Waals surface area contributed by atoms with Crippen molar-refractivity contribution in [3.8, 4) is 22.9 Å². The number of ether oxygens (including phenoxy) is 1. The fourth-order valence-corrected chi connectivity index (χ4v) is 9.13. The molecule has 0 unspecified atom stereocenters. The van der Waals surface area contributed by atoms with Crippen molar-refractivity contribution in [3.63, 3.8) is 0 Å². The van der Waals surface area contributed by atoms with Gasteiger partial charge < -0.3 is 39.5 Å². The number of hydrogen-bond acceptors (Lipinski definition) is 14. The fourth-order valence-electron chi connectivity index (χ4n) is 9.13. The number of amides is 1. The van der Waals surface area contributed by atoms with Crippen molar-refractivity contribution in [3.05, 3.63) is 42.2 Å². The highest BCUT2D eigenvalue weighted by Gasteiger charge is 2.37. The molecular weight excluding hydrogens is 701 g/mol. The van der Waals surface area contributed by atoms with E-state index in [2.05, 4.69) is 51.2 Å². The molecule has 3 N–H and O–H groups in total. The Hall–Kier alpha value is -4.02. The summed E-state index contributed by atoms with van der Waals surface area (Å²) in [5.41, 5.74) is 2.49. The number of benzene rings is 1. The molecule has 1 aromatic carbocycles. The summed E-state index contributed by atoms with van der Waals surface area (Å²) < 4.78 is 11.5. The van der Waals surface area contributed by atoms with Gasteiger partial charge in [-0.05, 0) is 61.6 Å². The van der Waals surface area contributed by atoms with E-state index in [9.17, 15) is 15.0 Å². The molecule has 15 nitrogen and oxygen atoms in total. The van der Waals surface area contributed by atoms with Crippen LogP contribution in [0.2, 0.25) is 0 Å². The predicted octanol–water partition coefficient (Wildman–Crippen LogP) is 2.25. The number of hydrogen-bond donors (Lipinski definition) is 3. The number of likely N-dealkylation sites (tertiary alicyclic amines) is 2. The van der Waals surface area contributed by atoms with Crippen LogP contribution in [0.1, 0.15) is 44.8 Å². The van der Waals surface area contributed by atoms with Gasteiger partial charge in [0.15, 0.2) is 11.6 Å². The monoisotopic (exact) mass is 758 g/mol. The molecule has 4 fully saturated rings. The van der Waals surface area contributed by atoms with Gasteiger partial charge in [-0.15, -0.1) is 10.2 Å². The second kappa shape index (κ2) is 17.0. The van der Waals surface area contributed by atoms with E-state index in [-0.39, 0.29) is 17.6 Å². The smallest absolute Gasteiger partial charge is 0.254 e. The van der Waals surface area contributed by atoms with Gasteiger partial charge in [0.2, 0.25) is 5.91 Å². The number of carbonyl (C=O) groups is 1. The van der Waals surface area contributed by atoms with E-state index in [1.54, 1.807) is 17.0 Å². The number of piperazine rings is 2. The minimum Gasteiger partial charge on any atom is -0.507 e. The van der Waals surface area contributed by atoms with E-state index >= 15 is 0 Å². The van der Waals surface area contributed by atoms with Crippen molar-refractivity contribution in [1.82, 2.24) is 39.9 Å². The minimum atomic E-state index is -0.449. The third-order valence-corrected chi connectivity index (χ3v) is 12.4. The molecule has 0 spiro atoms. The molecule has 8 rings (SSSR count). The maximum Gasteiger partial charge on any atom is 0.254 e. The summed E-state index contributed by atoms with van der Waals surface area (Å²) in [5, 5.41) is 36.8. The molecule has 0 saturated carbocycles. The van der Waals surface area contributed by atoms with Crippen molar-refractivity contribution in [2.75, 3.05) is 115 Å². The molecule has 2 aromatic heterocycles. The summed E-state index contributed by atoms with van der Waals surface area (Å²) >= 11 is 0. The number of rotatable bonds is 12. The molecule has 5 aliphatic heterocycles. The second-order valence-corrected chi connectivity index (χ2v) is 16.3. The molecule has 0 aliphatic carbocycles. The first kappa shape index (κ1) is 37.9. The van der Waals surface area contributed by atoms with Crippen LogP contribution in [0.15, 0.2) is 40.9 Å². The van der Waals surface area contributed by atoms with Gasteiger partial charge in [-0.25, -0.2) is 0 Å². The maximum atomic E-state index is 13.2. The lowest BCUT2D eigenvalue weighted by Gasteiger charge is -2.49. The molecule has 4 saturated heterocycles. The Balaban J connectivity index is 0.722. The number of aliphatic hydroxyl groups excluding tert-OH is 1. The van der Waals surface area contributed by atoms with Gasteiger partial charge >= 0.3 is 0 Å². The summed E-state index contributed by atoms with van der Waals surface area (Å²) in [4.78, 5) is 27.8. The average Bonchev–Trinajstić information content (AvgIpc) is 3.86. The lowest BCUT2D eigenvalue weighted by Crippen LogP contribution is -2.61. The first-order valence-corrected chi connectivity index (χ1v) is 20.4. The number of para-hydroxylation sites is 1. The summed E-state index contributed by atoms with van der Waals surface area (Å²) in [7, 11) is 0. The van der Waals surface area contributed by atoms with Crippen LogP contribution >= 0.6 is 0 Å². The highest BCUT2D eigenvalue weighted by Crippen LogP contribution is 2.37. The number of piperidine rings is 1. The van der Waals surface area contributed by atoms with Crippen LogP contribution in [0.5, 0.6) is 11.6 Å². The number of anilines is 2. The van der Waals surface area contributed by atoms with E-state index in [1.807, 2.05) is 32.0 Å². The number of phenolic OH excluding ortho intramolecular Hbond substituents is 1.